The molecule has 4 rings (SSSR count). The highest BCUT2D eigenvalue weighted by Gasteiger charge is 2.54. The topological polar surface area (TPSA) is 40.5 Å². The number of alkyl halides is 3. The lowest BCUT2D eigenvalue weighted by Gasteiger charge is -2.47. The van der Waals surface area contributed by atoms with E-state index >= 15 is 0 Å². The van der Waals surface area contributed by atoms with Crippen molar-refractivity contribution in [1.82, 2.24) is 4.90 Å². The number of carboxylic acid groups (broad SMARTS) is 1. The first-order valence-electron chi connectivity index (χ1n) is 10.9. The molecule has 0 aliphatic carbocycles. The highest BCUT2D eigenvalue weighted by atomic mass is 19.4. The molecule has 2 bridgehead atoms. The zero-order chi connectivity index (χ0) is 22.4. The van der Waals surface area contributed by atoms with E-state index in [1.165, 1.54) is 5.56 Å². The van der Waals surface area contributed by atoms with Gasteiger partial charge >= 0.3 is 12.1 Å². The Morgan fingerprint density at radius 2 is 1.77 bits per heavy atom. The molecule has 31 heavy (non-hydrogen) atoms. The van der Waals surface area contributed by atoms with Gasteiger partial charge in [-0.3, -0.25) is 9.69 Å². The summed E-state index contributed by atoms with van der Waals surface area (Å²) in [7, 11) is 0. The number of benzene rings is 2. The molecule has 166 valence electrons. The average Bonchev–Trinajstić information content (AvgIpc) is 2.93. The molecule has 3 nitrogen and oxygen atoms in total. The zero-order valence-electron chi connectivity index (χ0n) is 17.8. The second-order valence-electron chi connectivity index (χ2n) is 9.30. The number of rotatable bonds is 5. The van der Waals surface area contributed by atoms with E-state index in [2.05, 4.69) is 43.0 Å². The van der Waals surface area contributed by atoms with E-state index in [1.807, 2.05) is 0 Å². The molecule has 2 saturated heterocycles. The summed E-state index contributed by atoms with van der Waals surface area (Å²) in [6.45, 7) is 4.95. The minimum absolute atomic E-state index is 0.113. The fraction of sp³-hybridized carbons (Fsp3) is 0.480. The van der Waals surface area contributed by atoms with Gasteiger partial charge in [0, 0.05) is 18.1 Å². The lowest BCUT2D eigenvalue weighted by Crippen LogP contribution is -2.51. The summed E-state index contributed by atoms with van der Waals surface area (Å²) < 4.78 is 39.2. The quantitative estimate of drug-likeness (QED) is 0.614. The van der Waals surface area contributed by atoms with Crippen molar-refractivity contribution in [3.05, 3.63) is 70.8 Å². The lowest BCUT2D eigenvalue weighted by molar-refractivity contribution is -0.146. The lowest BCUT2D eigenvalue weighted by atomic mass is 9.76. The van der Waals surface area contributed by atoms with Gasteiger partial charge in [-0.25, -0.2) is 0 Å². The number of hydrogen-bond donors (Lipinski definition) is 1. The monoisotopic (exact) mass is 431 g/mol. The Balaban J connectivity index is 1.69. The maximum atomic E-state index is 13.1. The van der Waals surface area contributed by atoms with Crippen molar-refractivity contribution in [2.24, 2.45) is 5.92 Å². The minimum Gasteiger partial charge on any atom is -0.481 e. The number of hydrogen-bond acceptors (Lipinski definition) is 2. The summed E-state index contributed by atoms with van der Waals surface area (Å²) in [5.41, 5.74) is 1.96. The van der Waals surface area contributed by atoms with Gasteiger partial charge < -0.3 is 5.11 Å². The molecular formula is C25H28F3NO2. The van der Waals surface area contributed by atoms with Crippen LogP contribution in [0.25, 0.3) is 0 Å². The van der Waals surface area contributed by atoms with Crippen LogP contribution in [0.4, 0.5) is 13.2 Å². The summed E-state index contributed by atoms with van der Waals surface area (Å²) in [4.78, 5) is 14.2. The van der Waals surface area contributed by atoms with Crippen LogP contribution < -0.4 is 0 Å². The van der Waals surface area contributed by atoms with Gasteiger partial charge in [0.1, 0.15) is 0 Å². The molecule has 2 aliphatic rings. The number of fused-ring (bicyclic) bond motifs is 2. The first-order valence-corrected chi connectivity index (χ1v) is 10.9. The van der Waals surface area contributed by atoms with Crippen molar-refractivity contribution in [2.75, 3.05) is 0 Å². The maximum Gasteiger partial charge on any atom is 0.416 e. The zero-order valence-corrected chi connectivity index (χ0v) is 17.8. The largest absolute Gasteiger partial charge is 0.481 e. The van der Waals surface area contributed by atoms with Crippen LogP contribution in [-0.4, -0.2) is 22.0 Å². The number of aliphatic carboxylic acids is 1. The molecule has 0 saturated carbocycles. The molecule has 6 heteroatoms. The highest BCUT2D eigenvalue weighted by Crippen LogP contribution is 2.53. The normalized spacial score (nSPS) is 26.4. The first kappa shape index (κ1) is 21.9. The third kappa shape index (κ3) is 4.10. The van der Waals surface area contributed by atoms with Crippen LogP contribution in [0.15, 0.2) is 48.5 Å². The molecule has 2 heterocycles. The Morgan fingerprint density at radius 3 is 2.32 bits per heavy atom. The number of nitrogens with zero attached hydrogens (tertiary/aromatic N) is 1. The van der Waals surface area contributed by atoms with Gasteiger partial charge in [-0.05, 0) is 60.4 Å². The molecule has 0 unspecified atom stereocenters. The van der Waals surface area contributed by atoms with Gasteiger partial charge in [-0.1, -0.05) is 50.2 Å². The molecule has 3 atom stereocenters. The maximum absolute atomic E-state index is 13.1. The van der Waals surface area contributed by atoms with E-state index in [-0.39, 0.29) is 6.04 Å². The van der Waals surface area contributed by atoms with E-state index in [0.29, 0.717) is 25.3 Å². The third-order valence-electron chi connectivity index (χ3n) is 7.12. The summed E-state index contributed by atoms with van der Waals surface area (Å²) in [5.74, 6) is -0.853. The van der Waals surface area contributed by atoms with Crippen molar-refractivity contribution in [1.29, 1.82) is 0 Å². The number of carboxylic acids is 1. The predicted octanol–water partition coefficient (Wildman–Crippen LogP) is 6.18. The second-order valence-corrected chi connectivity index (χ2v) is 9.30. The van der Waals surface area contributed by atoms with Gasteiger partial charge in [0.2, 0.25) is 0 Å². The van der Waals surface area contributed by atoms with E-state index in [4.69, 9.17) is 0 Å². The Morgan fingerprint density at radius 1 is 1.13 bits per heavy atom. The smallest absolute Gasteiger partial charge is 0.416 e. The van der Waals surface area contributed by atoms with E-state index in [1.54, 1.807) is 12.1 Å². The standard InChI is InChI=1S/C25H28F3NO2/c1-16(2)18-5-3-17(4-6-18)15-29-22-11-12-24(29,14-19(13-22)23(30)31)20-7-9-21(10-8-20)25(26,27)28/h3-10,16,19,22H,11-15H2,1-2H3,(H,30,31)/t19-,22-,24+/m1/s1. The molecule has 0 aromatic heterocycles. The van der Waals surface area contributed by atoms with Crippen LogP contribution in [-0.2, 0) is 23.1 Å². The molecule has 2 aromatic rings. The van der Waals surface area contributed by atoms with Crippen molar-refractivity contribution < 1.29 is 23.1 Å². The van der Waals surface area contributed by atoms with Crippen LogP contribution in [0.1, 0.15) is 67.7 Å². The average molecular weight is 431 g/mol. The van der Waals surface area contributed by atoms with Gasteiger partial charge in [0.05, 0.1) is 11.5 Å². The molecule has 2 aliphatic heterocycles. The molecule has 2 fully saturated rings. The molecular weight excluding hydrogens is 403 g/mol. The number of carbonyl (C=O) groups is 1. The summed E-state index contributed by atoms with van der Waals surface area (Å²) in [6.07, 6.45) is -1.76. The SMILES string of the molecule is CC(C)c1ccc(CN2[C@@H]3CC[C@@]2(c2ccc(C(F)(F)F)cc2)C[C@H](C(=O)O)C3)cc1. The predicted molar refractivity (Wildman–Crippen MR) is 113 cm³/mol. The number of piperidine rings is 1. The molecule has 1 N–H and O–H groups in total. The van der Waals surface area contributed by atoms with E-state index in [0.717, 1.165) is 36.1 Å². The number of halogens is 3. The second kappa shape index (κ2) is 7.97. The van der Waals surface area contributed by atoms with Crippen LogP contribution >= 0.6 is 0 Å². The fourth-order valence-electron chi connectivity index (χ4n) is 5.41. The first-order chi connectivity index (χ1) is 14.6. The van der Waals surface area contributed by atoms with Gasteiger partial charge in [-0.15, -0.1) is 0 Å². The van der Waals surface area contributed by atoms with Gasteiger partial charge in [0.15, 0.2) is 0 Å². The Kier molecular flexibility index (Phi) is 5.63. The molecule has 0 amide bonds. The van der Waals surface area contributed by atoms with Crippen molar-refractivity contribution >= 4 is 5.97 Å². The van der Waals surface area contributed by atoms with Crippen LogP contribution in [0.5, 0.6) is 0 Å². The third-order valence-corrected chi connectivity index (χ3v) is 7.12. The fourth-order valence-corrected chi connectivity index (χ4v) is 5.41. The molecule has 0 spiro atoms. The van der Waals surface area contributed by atoms with Crippen LogP contribution in [0.3, 0.4) is 0 Å². The van der Waals surface area contributed by atoms with E-state index < -0.39 is 29.2 Å². The summed E-state index contributed by atoms with van der Waals surface area (Å²) in [5, 5.41) is 9.70. The van der Waals surface area contributed by atoms with Crippen molar-refractivity contribution in [3.63, 3.8) is 0 Å². The van der Waals surface area contributed by atoms with Gasteiger partial charge in [-0.2, -0.15) is 13.2 Å². The summed E-state index contributed by atoms with van der Waals surface area (Å²) >= 11 is 0. The Hall–Kier alpha value is -2.34. The van der Waals surface area contributed by atoms with Crippen LogP contribution in [0.2, 0.25) is 0 Å². The Bertz CT molecular complexity index is 937. The van der Waals surface area contributed by atoms with Crippen molar-refractivity contribution in [2.45, 2.75) is 69.8 Å². The molecule has 0 radical (unpaired) electrons. The highest BCUT2D eigenvalue weighted by molar-refractivity contribution is 5.70. The summed E-state index contributed by atoms with van der Waals surface area (Å²) in [6, 6.07) is 13.9. The van der Waals surface area contributed by atoms with Crippen molar-refractivity contribution in [3.8, 4) is 0 Å². The van der Waals surface area contributed by atoms with Gasteiger partial charge in [0.25, 0.3) is 0 Å². The molecule has 2 aromatic carbocycles. The van der Waals surface area contributed by atoms with Crippen LogP contribution in [0, 0.1) is 5.92 Å². The Labute approximate surface area is 180 Å². The minimum atomic E-state index is -4.39. The van der Waals surface area contributed by atoms with E-state index in [9.17, 15) is 23.1 Å².